The first-order valence-electron chi connectivity index (χ1n) is 6.52. The third kappa shape index (κ3) is 2.10. The number of thioether (sulfide) groups is 1. The summed E-state index contributed by atoms with van der Waals surface area (Å²) < 4.78 is 23.1. The first-order valence-corrected chi connectivity index (χ1v) is 7.47. The summed E-state index contributed by atoms with van der Waals surface area (Å²) in [7, 11) is 1.69. The minimum Gasteiger partial charge on any atom is -0.355 e. The summed E-state index contributed by atoms with van der Waals surface area (Å²) in [5.41, 5.74) is 1.07. The Bertz CT molecular complexity index is 454. The van der Waals surface area contributed by atoms with Gasteiger partial charge in [0.15, 0.2) is 12.6 Å². The summed E-state index contributed by atoms with van der Waals surface area (Å²) in [5.74, 6) is 0. The van der Waals surface area contributed by atoms with Crippen LogP contribution in [0.4, 0.5) is 0 Å². The highest BCUT2D eigenvalue weighted by Crippen LogP contribution is 2.54. The van der Waals surface area contributed by atoms with E-state index in [0.717, 1.165) is 5.56 Å². The molecule has 3 fully saturated rings. The number of rotatable bonds is 2. The van der Waals surface area contributed by atoms with Crippen LogP contribution < -0.4 is 0 Å². The van der Waals surface area contributed by atoms with E-state index in [1.807, 2.05) is 42.1 Å². The van der Waals surface area contributed by atoms with E-state index in [0.29, 0.717) is 17.1 Å². The highest BCUT2D eigenvalue weighted by Gasteiger charge is 2.59. The molecule has 5 heteroatoms. The molecule has 3 heterocycles. The Morgan fingerprint density at radius 1 is 1.16 bits per heavy atom. The number of fused-ring (bicyclic) bond motifs is 3. The molecule has 0 bridgehead atoms. The monoisotopic (exact) mass is 280 g/mol. The van der Waals surface area contributed by atoms with E-state index in [9.17, 15) is 0 Å². The Kier molecular flexibility index (Phi) is 3.04. The van der Waals surface area contributed by atoms with Crippen LogP contribution in [0.25, 0.3) is 0 Å². The van der Waals surface area contributed by atoms with E-state index in [2.05, 4.69) is 0 Å². The van der Waals surface area contributed by atoms with E-state index in [1.165, 1.54) is 0 Å². The second kappa shape index (κ2) is 4.75. The lowest BCUT2D eigenvalue weighted by Crippen LogP contribution is -2.52. The predicted octanol–water partition coefficient (Wildman–Crippen LogP) is 1.96. The van der Waals surface area contributed by atoms with Gasteiger partial charge in [0.25, 0.3) is 0 Å². The zero-order valence-electron chi connectivity index (χ0n) is 10.6. The van der Waals surface area contributed by atoms with Crippen LogP contribution in [0.15, 0.2) is 30.3 Å². The Morgan fingerprint density at radius 3 is 2.79 bits per heavy atom. The summed E-state index contributed by atoms with van der Waals surface area (Å²) in [6.07, 6.45) is -0.287. The van der Waals surface area contributed by atoms with Crippen LogP contribution in [0.1, 0.15) is 11.9 Å². The Hall–Kier alpha value is -0.590. The van der Waals surface area contributed by atoms with Crippen LogP contribution in [0.5, 0.6) is 0 Å². The van der Waals surface area contributed by atoms with E-state index >= 15 is 0 Å². The number of methoxy groups -OCH3 is 1. The quantitative estimate of drug-likeness (QED) is 0.774. The van der Waals surface area contributed by atoms with Crippen LogP contribution in [0.2, 0.25) is 0 Å². The lowest BCUT2D eigenvalue weighted by molar-refractivity contribution is -0.304. The third-order valence-electron chi connectivity index (χ3n) is 3.83. The molecular formula is C14H16O4S. The smallest absolute Gasteiger partial charge is 0.184 e. The molecule has 3 aliphatic rings. The van der Waals surface area contributed by atoms with Gasteiger partial charge in [-0.2, -0.15) is 0 Å². The zero-order chi connectivity index (χ0) is 12.8. The average Bonchev–Trinajstić information content (AvgIpc) is 3.27. The summed E-state index contributed by atoms with van der Waals surface area (Å²) in [6.45, 7) is 0.563. The normalized spacial score (nSPS) is 44.3. The fraction of sp³-hybridized carbons (Fsp3) is 0.571. The number of hydrogen-bond donors (Lipinski definition) is 0. The molecule has 4 nitrogen and oxygen atoms in total. The second-order valence-electron chi connectivity index (χ2n) is 5.02. The summed E-state index contributed by atoms with van der Waals surface area (Å²) >= 11 is 1.88. The molecule has 1 aromatic rings. The highest BCUT2D eigenvalue weighted by molar-refractivity contribution is 8.07. The Balaban J connectivity index is 1.50. The molecular weight excluding hydrogens is 264 g/mol. The summed E-state index contributed by atoms with van der Waals surface area (Å²) in [6, 6.07) is 10.1. The maximum absolute atomic E-state index is 6.10. The van der Waals surface area contributed by atoms with E-state index < -0.39 is 0 Å². The van der Waals surface area contributed by atoms with E-state index in [4.69, 9.17) is 18.9 Å². The molecule has 6 atom stereocenters. The molecule has 0 radical (unpaired) electrons. The van der Waals surface area contributed by atoms with Crippen molar-refractivity contribution in [1.29, 1.82) is 0 Å². The lowest BCUT2D eigenvalue weighted by Gasteiger charge is -2.40. The molecule has 19 heavy (non-hydrogen) atoms. The molecule has 0 spiro atoms. The summed E-state index contributed by atoms with van der Waals surface area (Å²) in [4.78, 5) is 0. The van der Waals surface area contributed by atoms with Gasteiger partial charge in [0, 0.05) is 12.7 Å². The lowest BCUT2D eigenvalue weighted by atomic mass is 10.0. The molecule has 1 aromatic carbocycles. The van der Waals surface area contributed by atoms with Crippen LogP contribution in [0, 0.1) is 0 Å². The molecule has 4 rings (SSSR count). The minimum absolute atomic E-state index is 0.0128. The van der Waals surface area contributed by atoms with Crippen molar-refractivity contribution in [2.24, 2.45) is 0 Å². The van der Waals surface area contributed by atoms with Crippen molar-refractivity contribution in [2.45, 2.75) is 35.3 Å². The largest absolute Gasteiger partial charge is 0.355 e. The maximum atomic E-state index is 6.10. The predicted molar refractivity (Wildman–Crippen MR) is 70.8 cm³/mol. The van der Waals surface area contributed by atoms with Crippen molar-refractivity contribution in [2.75, 3.05) is 13.7 Å². The molecule has 0 amide bonds. The SMILES string of the molecule is COC1OC2COC(c3ccccc3)OC2C2SC12. The average molecular weight is 280 g/mol. The standard InChI is InChI=1S/C14H16O4S/c1-15-14-12-11(19-12)10-9(17-14)7-16-13(18-10)8-5-3-2-4-6-8/h2-6,9-14H,7H2,1H3. The fourth-order valence-corrected chi connectivity index (χ4v) is 4.05. The van der Waals surface area contributed by atoms with Gasteiger partial charge in [-0.25, -0.2) is 0 Å². The molecule has 6 unspecified atom stereocenters. The van der Waals surface area contributed by atoms with Crippen molar-refractivity contribution in [3.05, 3.63) is 35.9 Å². The van der Waals surface area contributed by atoms with Gasteiger partial charge in [0.1, 0.15) is 12.2 Å². The first-order chi connectivity index (χ1) is 9.36. The molecule has 0 saturated carbocycles. The molecule has 3 saturated heterocycles. The highest BCUT2D eigenvalue weighted by atomic mass is 32.2. The van der Waals surface area contributed by atoms with Gasteiger partial charge in [-0.05, 0) is 0 Å². The summed E-state index contributed by atoms with van der Waals surface area (Å²) in [5, 5.41) is 0.902. The topological polar surface area (TPSA) is 36.9 Å². The fourth-order valence-electron chi connectivity index (χ4n) is 2.80. The van der Waals surface area contributed by atoms with Gasteiger partial charge in [-0.3, -0.25) is 0 Å². The molecule has 0 N–H and O–H groups in total. The van der Waals surface area contributed by atoms with E-state index in [-0.39, 0.29) is 24.8 Å². The van der Waals surface area contributed by atoms with Gasteiger partial charge in [-0.1, -0.05) is 30.3 Å². The Morgan fingerprint density at radius 2 is 2.00 bits per heavy atom. The van der Waals surface area contributed by atoms with Gasteiger partial charge < -0.3 is 18.9 Å². The van der Waals surface area contributed by atoms with Crippen LogP contribution >= 0.6 is 11.8 Å². The van der Waals surface area contributed by atoms with Crippen LogP contribution in [0.3, 0.4) is 0 Å². The molecule has 0 aromatic heterocycles. The van der Waals surface area contributed by atoms with Crippen molar-refractivity contribution in [3.63, 3.8) is 0 Å². The van der Waals surface area contributed by atoms with Crippen LogP contribution in [-0.2, 0) is 18.9 Å². The Labute approximate surface area is 116 Å². The third-order valence-corrected chi connectivity index (χ3v) is 5.22. The molecule has 0 aliphatic carbocycles. The van der Waals surface area contributed by atoms with Crippen molar-refractivity contribution in [3.8, 4) is 0 Å². The first kappa shape index (κ1) is 12.2. The second-order valence-corrected chi connectivity index (χ2v) is 6.38. The van der Waals surface area contributed by atoms with Crippen LogP contribution in [-0.4, -0.2) is 42.7 Å². The number of hydrogen-bond acceptors (Lipinski definition) is 5. The van der Waals surface area contributed by atoms with E-state index in [1.54, 1.807) is 7.11 Å². The van der Waals surface area contributed by atoms with Gasteiger partial charge in [0.2, 0.25) is 0 Å². The van der Waals surface area contributed by atoms with Gasteiger partial charge in [0.05, 0.1) is 17.1 Å². The number of benzene rings is 1. The van der Waals surface area contributed by atoms with Gasteiger partial charge in [-0.15, -0.1) is 11.8 Å². The molecule has 3 aliphatic heterocycles. The number of ether oxygens (including phenoxy) is 4. The minimum atomic E-state index is -0.271. The van der Waals surface area contributed by atoms with Crippen molar-refractivity contribution in [1.82, 2.24) is 0 Å². The van der Waals surface area contributed by atoms with Gasteiger partial charge >= 0.3 is 0 Å². The zero-order valence-corrected chi connectivity index (χ0v) is 11.4. The van der Waals surface area contributed by atoms with Crippen molar-refractivity contribution >= 4 is 11.8 Å². The van der Waals surface area contributed by atoms with Crippen molar-refractivity contribution < 1.29 is 18.9 Å². The molecule has 102 valence electrons. The maximum Gasteiger partial charge on any atom is 0.184 e.